The van der Waals surface area contributed by atoms with E-state index in [1.807, 2.05) is 25.1 Å². The highest BCUT2D eigenvalue weighted by atomic mass is 16.5. The highest BCUT2D eigenvalue weighted by Gasteiger charge is 1.96. The summed E-state index contributed by atoms with van der Waals surface area (Å²) in [6.07, 6.45) is 0. The van der Waals surface area contributed by atoms with Crippen LogP contribution in [0.4, 0.5) is 5.69 Å². The van der Waals surface area contributed by atoms with E-state index in [0.29, 0.717) is 6.61 Å². The summed E-state index contributed by atoms with van der Waals surface area (Å²) in [6.45, 7) is 2.69. The Kier molecular flexibility index (Phi) is 2.49. The van der Waals surface area contributed by atoms with E-state index < -0.39 is 0 Å². The van der Waals surface area contributed by atoms with Crippen molar-refractivity contribution in [2.75, 3.05) is 12.8 Å². The first kappa shape index (κ1) is 8.08. The molecule has 1 rings (SSSR count). The Hall–Kier alpha value is -1.02. The van der Waals surface area contributed by atoms with Crippen LogP contribution in [-0.2, 0) is 11.3 Å². The molecule has 0 saturated carbocycles. The Labute approximate surface area is 67.0 Å². The fourth-order valence-corrected chi connectivity index (χ4v) is 1.00. The standard InChI is InChI=1S/C9H13NO/c1-7-3-4-9(10)5-8(7)6-11-2/h3-5H,6,10H2,1-2H3. The van der Waals surface area contributed by atoms with Gasteiger partial charge in [0.1, 0.15) is 0 Å². The monoisotopic (exact) mass is 151 g/mol. The van der Waals surface area contributed by atoms with Crippen LogP contribution in [-0.4, -0.2) is 7.11 Å². The van der Waals surface area contributed by atoms with Crippen molar-refractivity contribution >= 4 is 5.69 Å². The number of hydrogen-bond acceptors (Lipinski definition) is 2. The lowest BCUT2D eigenvalue weighted by Crippen LogP contribution is -1.93. The second-order valence-corrected chi connectivity index (χ2v) is 2.62. The van der Waals surface area contributed by atoms with Crippen LogP contribution in [0.15, 0.2) is 18.2 Å². The van der Waals surface area contributed by atoms with Crippen molar-refractivity contribution in [1.29, 1.82) is 0 Å². The van der Waals surface area contributed by atoms with Gasteiger partial charge >= 0.3 is 0 Å². The molecule has 1 aromatic rings. The first-order valence-electron chi connectivity index (χ1n) is 3.58. The molecule has 0 radical (unpaired) electrons. The zero-order valence-electron chi connectivity index (χ0n) is 6.92. The second-order valence-electron chi connectivity index (χ2n) is 2.62. The van der Waals surface area contributed by atoms with Gasteiger partial charge in [0.2, 0.25) is 0 Å². The van der Waals surface area contributed by atoms with Crippen LogP contribution >= 0.6 is 0 Å². The number of methoxy groups -OCH3 is 1. The molecule has 2 nitrogen and oxygen atoms in total. The lowest BCUT2D eigenvalue weighted by atomic mass is 10.1. The molecule has 60 valence electrons. The SMILES string of the molecule is COCc1cc(N)ccc1C. The summed E-state index contributed by atoms with van der Waals surface area (Å²) in [5.74, 6) is 0. The molecule has 2 N–H and O–H groups in total. The molecule has 1 aromatic carbocycles. The third-order valence-corrected chi connectivity index (χ3v) is 1.67. The molecule has 0 aliphatic carbocycles. The van der Waals surface area contributed by atoms with Crippen molar-refractivity contribution < 1.29 is 4.74 Å². The number of benzene rings is 1. The third kappa shape index (κ3) is 1.95. The Morgan fingerprint density at radius 3 is 2.82 bits per heavy atom. The highest BCUT2D eigenvalue weighted by Crippen LogP contribution is 2.12. The first-order chi connectivity index (χ1) is 5.24. The van der Waals surface area contributed by atoms with Crippen LogP contribution < -0.4 is 5.73 Å². The summed E-state index contributed by atoms with van der Waals surface area (Å²) in [7, 11) is 1.68. The van der Waals surface area contributed by atoms with Crippen LogP contribution in [0.25, 0.3) is 0 Å². The van der Waals surface area contributed by atoms with Crippen molar-refractivity contribution in [3.63, 3.8) is 0 Å². The molecule has 0 bridgehead atoms. The number of nitrogens with two attached hydrogens (primary N) is 1. The zero-order chi connectivity index (χ0) is 8.27. The van der Waals surface area contributed by atoms with Gasteiger partial charge in [0.05, 0.1) is 6.61 Å². The summed E-state index contributed by atoms with van der Waals surface area (Å²) in [6, 6.07) is 5.84. The largest absolute Gasteiger partial charge is 0.399 e. The molecule has 0 saturated heterocycles. The predicted octanol–water partition coefficient (Wildman–Crippen LogP) is 1.72. The van der Waals surface area contributed by atoms with Crippen LogP contribution in [0.5, 0.6) is 0 Å². The number of aryl methyl sites for hydroxylation is 1. The maximum absolute atomic E-state index is 5.60. The normalized spacial score (nSPS) is 10.0. The van der Waals surface area contributed by atoms with E-state index in [1.54, 1.807) is 7.11 Å². The molecule has 0 aromatic heterocycles. The smallest absolute Gasteiger partial charge is 0.0716 e. The highest BCUT2D eigenvalue weighted by molar-refractivity contribution is 5.44. The van der Waals surface area contributed by atoms with Crippen molar-refractivity contribution in [2.24, 2.45) is 0 Å². The van der Waals surface area contributed by atoms with Crippen molar-refractivity contribution in [2.45, 2.75) is 13.5 Å². The third-order valence-electron chi connectivity index (χ3n) is 1.67. The molecule has 0 atom stereocenters. The molecule has 0 heterocycles. The summed E-state index contributed by atoms with van der Waals surface area (Å²) in [4.78, 5) is 0. The number of ether oxygens (including phenoxy) is 1. The lowest BCUT2D eigenvalue weighted by molar-refractivity contribution is 0.184. The molecular weight excluding hydrogens is 138 g/mol. The van der Waals surface area contributed by atoms with E-state index in [-0.39, 0.29) is 0 Å². The molecule has 0 spiro atoms. The molecule has 0 unspecified atom stereocenters. The van der Waals surface area contributed by atoms with E-state index in [9.17, 15) is 0 Å². The Bertz CT molecular complexity index is 245. The van der Waals surface area contributed by atoms with Gasteiger partial charge in [0.15, 0.2) is 0 Å². The van der Waals surface area contributed by atoms with Gasteiger partial charge in [-0.05, 0) is 30.2 Å². The van der Waals surface area contributed by atoms with Crippen LogP contribution in [0, 0.1) is 6.92 Å². The number of rotatable bonds is 2. The van der Waals surface area contributed by atoms with E-state index in [2.05, 4.69) is 0 Å². The van der Waals surface area contributed by atoms with Crippen molar-refractivity contribution in [3.05, 3.63) is 29.3 Å². The maximum atomic E-state index is 5.60. The van der Waals surface area contributed by atoms with Gasteiger partial charge in [-0.15, -0.1) is 0 Å². The number of anilines is 1. The average molecular weight is 151 g/mol. The molecular formula is C9H13NO. The van der Waals surface area contributed by atoms with Crippen LogP contribution in [0.3, 0.4) is 0 Å². The fourth-order valence-electron chi connectivity index (χ4n) is 1.00. The van der Waals surface area contributed by atoms with Crippen molar-refractivity contribution in [3.8, 4) is 0 Å². The molecule has 0 aliphatic heterocycles. The predicted molar refractivity (Wildman–Crippen MR) is 46.3 cm³/mol. The lowest BCUT2D eigenvalue weighted by Gasteiger charge is -2.04. The quantitative estimate of drug-likeness (QED) is 0.653. The van der Waals surface area contributed by atoms with E-state index in [1.165, 1.54) is 5.56 Å². The molecule has 0 fully saturated rings. The minimum Gasteiger partial charge on any atom is -0.399 e. The molecule has 11 heavy (non-hydrogen) atoms. The zero-order valence-corrected chi connectivity index (χ0v) is 6.92. The summed E-state index contributed by atoms with van der Waals surface area (Å²) < 4.78 is 5.01. The van der Waals surface area contributed by atoms with Gasteiger partial charge in [-0.25, -0.2) is 0 Å². The van der Waals surface area contributed by atoms with Crippen LogP contribution in [0.2, 0.25) is 0 Å². The van der Waals surface area contributed by atoms with Gasteiger partial charge in [-0.2, -0.15) is 0 Å². The van der Waals surface area contributed by atoms with Gasteiger partial charge in [0, 0.05) is 12.8 Å². The molecule has 0 amide bonds. The minimum absolute atomic E-state index is 0.636. The van der Waals surface area contributed by atoms with E-state index in [0.717, 1.165) is 11.3 Å². The maximum Gasteiger partial charge on any atom is 0.0716 e. The number of nitrogen functional groups attached to an aromatic ring is 1. The Morgan fingerprint density at radius 2 is 2.18 bits per heavy atom. The topological polar surface area (TPSA) is 35.2 Å². The first-order valence-corrected chi connectivity index (χ1v) is 3.58. The van der Waals surface area contributed by atoms with Crippen molar-refractivity contribution in [1.82, 2.24) is 0 Å². The second kappa shape index (κ2) is 3.39. The Morgan fingerprint density at radius 1 is 1.45 bits per heavy atom. The minimum atomic E-state index is 0.636. The van der Waals surface area contributed by atoms with Gasteiger partial charge < -0.3 is 10.5 Å². The summed E-state index contributed by atoms with van der Waals surface area (Å²) in [5, 5.41) is 0. The van der Waals surface area contributed by atoms with E-state index >= 15 is 0 Å². The van der Waals surface area contributed by atoms with Gasteiger partial charge in [-0.3, -0.25) is 0 Å². The number of hydrogen-bond donors (Lipinski definition) is 1. The van der Waals surface area contributed by atoms with Gasteiger partial charge in [0.25, 0.3) is 0 Å². The Balaban J connectivity index is 2.93. The summed E-state index contributed by atoms with van der Waals surface area (Å²) in [5.41, 5.74) is 8.78. The van der Waals surface area contributed by atoms with Crippen LogP contribution in [0.1, 0.15) is 11.1 Å². The molecule has 0 aliphatic rings. The fraction of sp³-hybridized carbons (Fsp3) is 0.333. The summed E-state index contributed by atoms with van der Waals surface area (Å²) >= 11 is 0. The molecule has 2 heteroatoms. The van der Waals surface area contributed by atoms with Gasteiger partial charge in [-0.1, -0.05) is 6.07 Å². The average Bonchev–Trinajstić information content (AvgIpc) is 1.98. The van der Waals surface area contributed by atoms with E-state index in [4.69, 9.17) is 10.5 Å².